The van der Waals surface area contributed by atoms with E-state index in [0.29, 0.717) is 0 Å². The minimum absolute atomic E-state index is 0.00954. The molecule has 16 heavy (non-hydrogen) atoms. The van der Waals surface area contributed by atoms with Gasteiger partial charge in [-0.2, -0.15) is 4.34 Å². The maximum Gasteiger partial charge on any atom is 0.439 e. The molecule has 0 radical (unpaired) electrons. The van der Waals surface area contributed by atoms with Gasteiger partial charge in [0.2, 0.25) is 0 Å². The van der Waals surface area contributed by atoms with E-state index in [9.17, 15) is 14.2 Å². The van der Waals surface area contributed by atoms with E-state index in [0.717, 1.165) is 0 Å². The highest BCUT2D eigenvalue weighted by Crippen LogP contribution is 2.34. The Labute approximate surface area is 91.0 Å². The third-order valence-electron chi connectivity index (χ3n) is 1.82. The zero-order valence-corrected chi connectivity index (χ0v) is 9.13. The monoisotopic (exact) mass is 264 g/mol. The van der Waals surface area contributed by atoms with Crippen LogP contribution in [0.25, 0.3) is 11.2 Å². The van der Waals surface area contributed by atoms with Crippen LogP contribution in [0.15, 0.2) is 9.59 Å². The predicted molar refractivity (Wildman–Crippen MR) is 55.8 cm³/mol. The molecule has 86 valence electrons. The molecule has 0 bridgehead atoms. The normalized spacial score (nSPS) is 12.1. The summed E-state index contributed by atoms with van der Waals surface area (Å²) in [6, 6.07) is 0. The van der Waals surface area contributed by atoms with E-state index in [1.807, 2.05) is 0 Å². The molecule has 0 amide bonds. The van der Waals surface area contributed by atoms with Crippen molar-refractivity contribution in [1.82, 2.24) is 19.3 Å². The first kappa shape index (κ1) is 11.0. The van der Waals surface area contributed by atoms with E-state index < -0.39 is 23.8 Å². The van der Waals surface area contributed by atoms with E-state index >= 15 is 0 Å². The molecule has 11 heteroatoms. The van der Waals surface area contributed by atoms with Crippen molar-refractivity contribution in [3.63, 3.8) is 0 Å². The second kappa shape index (κ2) is 3.25. The van der Waals surface area contributed by atoms with E-state index in [1.165, 1.54) is 0 Å². The van der Waals surface area contributed by atoms with Crippen LogP contribution < -0.4 is 11.2 Å². The number of rotatable bonds is 1. The molecule has 0 aromatic carbocycles. The number of nitrogens with zero attached hydrogens (tertiary/aromatic N) is 1. The lowest BCUT2D eigenvalue weighted by atomic mass is 10.6. The summed E-state index contributed by atoms with van der Waals surface area (Å²) in [5.74, 6) is 0. The average molecular weight is 264 g/mol. The van der Waals surface area contributed by atoms with Crippen molar-refractivity contribution in [3.05, 3.63) is 25.6 Å². The molecule has 0 saturated carbocycles. The van der Waals surface area contributed by atoms with Crippen LogP contribution in [0.5, 0.6) is 0 Å². The summed E-state index contributed by atoms with van der Waals surface area (Å²) < 4.78 is 10.6. The Hall–Kier alpha value is -1.48. The van der Waals surface area contributed by atoms with Crippen molar-refractivity contribution in [2.75, 3.05) is 0 Å². The number of aromatic nitrogens is 4. The first-order valence-corrected chi connectivity index (χ1v) is 5.82. The molecular formula is C5H5N4O5PS. The lowest BCUT2D eigenvalue weighted by Crippen LogP contribution is -2.20. The molecule has 0 aliphatic carbocycles. The van der Waals surface area contributed by atoms with Crippen molar-refractivity contribution in [2.45, 2.75) is 0 Å². The summed E-state index contributed by atoms with van der Waals surface area (Å²) in [5.41, 5.74) is -2.03. The number of aromatic amines is 3. The average Bonchev–Trinajstić information content (AvgIpc) is 2.43. The second-order valence-corrected chi connectivity index (χ2v) is 4.70. The number of nitrogens with one attached hydrogen (secondary N) is 3. The zero-order chi connectivity index (χ0) is 12.1. The summed E-state index contributed by atoms with van der Waals surface area (Å²) in [7, 11) is -4.86. The number of imidazole rings is 1. The van der Waals surface area contributed by atoms with Crippen LogP contribution in [0.3, 0.4) is 0 Å². The topological polar surface area (TPSA) is 144 Å². The smallest absolute Gasteiger partial charge is 0.316 e. The molecule has 0 fully saturated rings. The van der Waals surface area contributed by atoms with Gasteiger partial charge >= 0.3 is 13.4 Å². The fourth-order valence-electron chi connectivity index (χ4n) is 1.23. The van der Waals surface area contributed by atoms with Gasteiger partial charge in [-0.25, -0.2) is 9.36 Å². The van der Waals surface area contributed by atoms with Crippen LogP contribution in [-0.2, 0) is 4.57 Å². The standard InChI is InChI=1S/C5H5N4O5PS/c10-3-1-2(7-4(11)6-1)8-5(16)9(3)15(12,13)14/h(H,8,16)(H2,6,7,11)(H2,12,13,14). The molecule has 0 aliphatic heterocycles. The van der Waals surface area contributed by atoms with Crippen molar-refractivity contribution < 1.29 is 14.4 Å². The quantitative estimate of drug-likeness (QED) is 0.330. The number of hydrogen-bond donors (Lipinski definition) is 5. The zero-order valence-electron chi connectivity index (χ0n) is 7.42. The van der Waals surface area contributed by atoms with Gasteiger partial charge in [-0.05, 0) is 12.2 Å². The highest BCUT2D eigenvalue weighted by molar-refractivity contribution is 7.71. The molecule has 2 heterocycles. The van der Waals surface area contributed by atoms with E-state index in [1.54, 1.807) is 0 Å². The van der Waals surface area contributed by atoms with Gasteiger partial charge in [-0.15, -0.1) is 0 Å². The first-order chi connectivity index (χ1) is 7.30. The highest BCUT2D eigenvalue weighted by atomic mass is 32.1. The van der Waals surface area contributed by atoms with Crippen molar-refractivity contribution in [3.8, 4) is 0 Å². The molecule has 0 saturated heterocycles. The predicted octanol–water partition coefficient (Wildman–Crippen LogP) is -0.984. The molecule has 2 rings (SSSR count). The largest absolute Gasteiger partial charge is 0.439 e. The summed E-state index contributed by atoms with van der Waals surface area (Å²) in [6.45, 7) is 0. The van der Waals surface area contributed by atoms with Gasteiger partial charge in [0, 0.05) is 0 Å². The second-order valence-electron chi connectivity index (χ2n) is 2.89. The molecule has 5 N–H and O–H groups in total. The van der Waals surface area contributed by atoms with Gasteiger partial charge in [-0.3, -0.25) is 14.8 Å². The fourth-order valence-corrected chi connectivity index (χ4v) is 2.36. The van der Waals surface area contributed by atoms with E-state index in [2.05, 4.69) is 27.2 Å². The third kappa shape index (κ3) is 1.57. The van der Waals surface area contributed by atoms with Crippen molar-refractivity contribution in [2.24, 2.45) is 0 Å². The van der Waals surface area contributed by atoms with Crippen LogP contribution in [0.4, 0.5) is 0 Å². The Morgan fingerprint density at radius 3 is 2.38 bits per heavy atom. The van der Waals surface area contributed by atoms with Gasteiger partial charge in [0.05, 0.1) is 0 Å². The first-order valence-electron chi connectivity index (χ1n) is 3.84. The van der Waals surface area contributed by atoms with Crippen LogP contribution in [0.1, 0.15) is 0 Å². The van der Waals surface area contributed by atoms with Gasteiger partial charge in [-0.1, -0.05) is 0 Å². The van der Waals surface area contributed by atoms with Crippen LogP contribution in [0.2, 0.25) is 0 Å². The minimum Gasteiger partial charge on any atom is -0.316 e. The summed E-state index contributed by atoms with van der Waals surface area (Å²) in [5, 5.41) is 0. The number of fused-ring (bicyclic) bond motifs is 1. The maximum absolute atomic E-state index is 11.6. The molecule has 0 aliphatic rings. The molecule has 2 aromatic rings. The van der Waals surface area contributed by atoms with E-state index in [4.69, 9.17) is 9.79 Å². The third-order valence-corrected chi connectivity index (χ3v) is 3.14. The molecule has 0 spiro atoms. The minimum atomic E-state index is -4.86. The number of hydrogen-bond acceptors (Lipinski definition) is 4. The van der Waals surface area contributed by atoms with Crippen molar-refractivity contribution >= 4 is 31.1 Å². The molecular weight excluding hydrogens is 259 g/mol. The Balaban J connectivity index is 3.09. The maximum atomic E-state index is 11.6. The van der Waals surface area contributed by atoms with E-state index in [-0.39, 0.29) is 15.5 Å². The Morgan fingerprint density at radius 2 is 1.81 bits per heavy atom. The van der Waals surface area contributed by atoms with Crippen LogP contribution in [-0.4, -0.2) is 29.1 Å². The Morgan fingerprint density at radius 1 is 1.19 bits per heavy atom. The van der Waals surface area contributed by atoms with Crippen LogP contribution >= 0.6 is 20.0 Å². The Bertz CT molecular complexity index is 774. The SMILES string of the molecule is O=c1[nH]c2[nH]c(=S)n(P(=O)(O)O)c(=O)c2[nH]1. The highest BCUT2D eigenvalue weighted by Gasteiger charge is 2.22. The summed E-state index contributed by atoms with van der Waals surface area (Å²) in [6.07, 6.45) is 0. The molecule has 0 unspecified atom stereocenters. The number of H-pyrrole nitrogens is 3. The Kier molecular flexibility index (Phi) is 2.24. The fraction of sp³-hybridized carbons (Fsp3) is 0. The van der Waals surface area contributed by atoms with Crippen molar-refractivity contribution in [1.29, 1.82) is 0 Å². The summed E-state index contributed by atoms with van der Waals surface area (Å²) >= 11 is 4.60. The van der Waals surface area contributed by atoms with Gasteiger partial charge in [0.25, 0.3) is 5.56 Å². The lowest BCUT2D eigenvalue weighted by Gasteiger charge is -2.06. The van der Waals surface area contributed by atoms with Gasteiger partial charge in [0.1, 0.15) is 5.65 Å². The molecule has 2 aromatic heterocycles. The molecule has 9 nitrogen and oxygen atoms in total. The van der Waals surface area contributed by atoms with Crippen LogP contribution in [0, 0.1) is 4.77 Å². The van der Waals surface area contributed by atoms with Gasteiger partial charge in [0.15, 0.2) is 10.3 Å². The summed E-state index contributed by atoms with van der Waals surface area (Å²) in [4.78, 5) is 47.0. The van der Waals surface area contributed by atoms with Gasteiger partial charge < -0.3 is 14.8 Å². The lowest BCUT2D eigenvalue weighted by molar-refractivity contribution is 0.358. The molecule has 0 atom stereocenters.